The number of benzene rings is 2. The topological polar surface area (TPSA) is 48.5 Å². The quantitative estimate of drug-likeness (QED) is 0.394. The highest BCUT2D eigenvalue weighted by atomic mass is 19.4. The zero-order chi connectivity index (χ0) is 28.2. The molecule has 2 heterocycles. The van der Waals surface area contributed by atoms with E-state index >= 15 is 0 Å². The zero-order valence-corrected chi connectivity index (χ0v) is 23.0. The lowest BCUT2D eigenvalue weighted by atomic mass is 9.83. The number of alkyl halides is 3. The molecule has 0 spiro atoms. The lowest BCUT2D eigenvalue weighted by Gasteiger charge is -2.41. The summed E-state index contributed by atoms with van der Waals surface area (Å²) in [6.07, 6.45) is -0.763. The van der Waals surface area contributed by atoms with E-state index in [1.807, 2.05) is 38.1 Å². The molecule has 5 nitrogen and oxygen atoms in total. The Morgan fingerprint density at radius 3 is 2.03 bits per heavy atom. The van der Waals surface area contributed by atoms with Crippen LogP contribution in [0.5, 0.6) is 0 Å². The van der Waals surface area contributed by atoms with Crippen LogP contribution in [0.3, 0.4) is 0 Å². The van der Waals surface area contributed by atoms with E-state index in [4.69, 9.17) is 0 Å². The number of rotatable bonds is 8. The summed E-state index contributed by atoms with van der Waals surface area (Å²) in [6.45, 7) is 10.00. The van der Waals surface area contributed by atoms with Gasteiger partial charge in [-0.25, -0.2) is 0 Å². The summed E-state index contributed by atoms with van der Waals surface area (Å²) in [5.74, 6) is 0.0382. The Labute approximate surface area is 229 Å². The second-order valence-corrected chi connectivity index (χ2v) is 11.1. The molecule has 1 amide bonds. The smallest absolute Gasteiger partial charge is 0.353 e. The van der Waals surface area contributed by atoms with Crippen LogP contribution in [0.2, 0.25) is 0 Å². The molecule has 3 aromatic rings. The number of hydrogen-bond donors (Lipinski definition) is 1. The van der Waals surface area contributed by atoms with Gasteiger partial charge in [0.25, 0.3) is 0 Å². The number of carbonyl (C=O) groups excluding carboxylic acids is 1. The first-order valence-corrected chi connectivity index (χ1v) is 13.4. The van der Waals surface area contributed by atoms with Crippen molar-refractivity contribution in [1.29, 1.82) is 0 Å². The molecule has 0 saturated carbocycles. The van der Waals surface area contributed by atoms with Crippen molar-refractivity contribution in [1.82, 2.24) is 20.1 Å². The third-order valence-corrected chi connectivity index (χ3v) is 7.45. The normalized spacial score (nSPS) is 17.4. The molecule has 2 aromatic carbocycles. The average Bonchev–Trinajstić information content (AvgIpc) is 2.89. The van der Waals surface area contributed by atoms with Gasteiger partial charge in [-0.1, -0.05) is 48.5 Å². The Morgan fingerprint density at radius 2 is 1.46 bits per heavy atom. The van der Waals surface area contributed by atoms with Gasteiger partial charge in [-0.2, -0.15) is 13.2 Å². The highest BCUT2D eigenvalue weighted by Crippen LogP contribution is 2.40. The summed E-state index contributed by atoms with van der Waals surface area (Å²) in [4.78, 5) is 21.7. The highest BCUT2D eigenvalue weighted by molar-refractivity contribution is 5.82. The number of aromatic nitrogens is 1. The van der Waals surface area contributed by atoms with Crippen molar-refractivity contribution in [3.05, 3.63) is 89.7 Å². The van der Waals surface area contributed by atoms with Gasteiger partial charge in [0.05, 0.1) is 5.41 Å². The lowest BCUT2D eigenvalue weighted by Crippen LogP contribution is -2.59. The van der Waals surface area contributed by atoms with Crippen LogP contribution in [0.25, 0.3) is 11.1 Å². The average molecular weight is 539 g/mol. The number of pyridine rings is 1. The molecule has 1 aromatic heterocycles. The van der Waals surface area contributed by atoms with Crippen LogP contribution >= 0.6 is 0 Å². The predicted octanol–water partition coefficient (Wildman–Crippen LogP) is 5.80. The minimum Gasteiger partial charge on any atom is -0.353 e. The Hall–Kier alpha value is -3.23. The summed E-state index contributed by atoms with van der Waals surface area (Å²) in [7, 11) is 0. The fourth-order valence-electron chi connectivity index (χ4n) is 4.87. The number of amides is 1. The SMILES string of the molecule is CC(C)NC(=O)C1CN(Cc2ccc(-c3ccc(C(C)(C)C(F)(F)F)cc3)cc2)CCN1Cc1ccncc1. The monoisotopic (exact) mass is 538 g/mol. The molecule has 0 radical (unpaired) electrons. The van der Waals surface area contributed by atoms with Gasteiger partial charge in [0.2, 0.25) is 5.91 Å². The molecule has 1 aliphatic heterocycles. The van der Waals surface area contributed by atoms with E-state index in [2.05, 4.69) is 32.2 Å². The Morgan fingerprint density at radius 1 is 0.897 bits per heavy atom. The molecule has 0 bridgehead atoms. The minimum absolute atomic E-state index is 0.0382. The standard InChI is InChI=1S/C31H37F3N4O/c1-22(2)36-29(39)28-21-37(17-18-38(28)20-24-13-15-35-16-14-24)19-23-5-7-25(8-6-23)26-9-11-27(12-10-26)30(3,4)31(32,33)34/h5-16,22,28H,17-21H2,1-4H3,(H,36,39). The van der Waals surface area contributed by atoms with Gasteiger partial charge in [0.15, 0.2) is 0 Å². The van der Waals surface area contributed by atoms with Gasteiger partial charge < -0.3 is 5.32 Å². The molecule has 1 fully saturated rings. The van der Waals surface area contributed by atoms with Crippen LogP contribution in [-0.2, 0) is 23.3 Å². The van der Waals surface area contributed by atoms with Crippen LogP contribution < -0.4 is 5.32 Å². The predicted molar refractivity (Wildman–Crippen MR) is 148 cm³/mol. The molecule has 0 aliphatic carbocycles. The summed E-state index contributed by atoms with van der Waals surface area (Å²) < 4.78 is 40.2. The number of nitrogens with zero attached hydrogens (tertiary/aromatic N) is 3. The van der Waals surface area contributed by atoms with E-state index in [1.54, 1.807) is 36.7 Å². The van der Waals surface area contributed by atoms with Crippen LogP contribution in [0.4, 0.5) is 13.2 Å². The summed E-state index contributed by atoms with van der Waals surface area (Å²) >= 11 is 0. The molecule has 1 unspecified atom stereocenters. The van der Waals surface area contributed by atoms with Crippen LogP contribution in [0.15, 0.2) is 73.1 Å². The van der Waals surface area contributed by atoms with E-state index in [1.165, 1.54) is 13.8 Å². The highest BCUT2D eigenvalue weighted by Gasteiger charge is 2.48. The van der Waals surface area contributed by atoms with Gasteiger partial charge in [0, 0.05) is 51.2 Å². The van der Waals surface area contributed by atoms with E-state index < -0.39 is 11.6 Å². The van der Waals surface area contributed by atoms with Gasteiger partial charge in [-0.3, -0.25) is 19.6 Å². The molecule has 1 aliphatic rings. The van der Waals surface area contributed by atoms with Crippen molar-refractivity contribution in [2.45, 2.75) is 64.5 Å². The summed E-state index contributed by atoms with van der Waals surface area (Å²) in [5, 5.41) is 3.08. The first-order valence-electron chi connectivity index (χ1n) is 13.4. The van der Waals surface area contributed by atoms with Crippen molar-refractivity contribution < 1.29 is 18.0 Å². The molecular formula is C31H37F3N4O. The fourth-order valence-corrected chi connectivity index (χ4v) is 4.87. The second-order valence-electron chi connectivity index (χ2n) is 11.1. The first-order chi connectivity index (χ1) is 18.4. The van der Waals surface area contributed by atoms with Crippen LogP contribution in [-0.4, -0.2) is 58.6 Å². The maximum absolute atomic E-state index is 13.4. The number of carbonyl (C=O) groups is 1. The number of halogens is 3. The molecule has 1 N–H and O–H groups in total. The van der Waals surface area contributed by atoms with E-state index in [0.29, 0.717) is 19.6 Å². The van der Waals surface area contributed by atoms with Crippen molar-refractivity contribution in [3.63, 3.8) is 0 Å². The van der Waals surface area contributed by atoms with Gasteiger partial charge >= 0.3 is 6.18 Å². The number of piperazine rings is 1. The maximum Gasteiger partial charge on any atom is 0.397 e. The Balaban J connectivity index is 1.42. The molecule has 4 rings (SSSR count). The van der Waals surface area contributed by atoms with Gasteiger partial charge in [0.1, 0.15) is 6.04 Å². The molecule has 1 atom stereocenters. The van der Waals surface area contributed by atoms with E-state index in [-0.39, 0.29) is 23.6 Å². The maximum atomic E-state index is 13.4. The summed E-state index contributed by atoms with van der Waals surface area (Å²) in [5.41, 5.74) is 2.42. The van der Waals surface area contributed by atoms with Crippen molar-refractivity contribution in [2.75, 3.05) is 19.6 Å². The molecule has 208 valence electrons. The Kier molecular flexibility index (Phi) is 8.76. The van der Waals surface area contributed by atoms with Crippen molar-refractivity contribution in [2.24, 2.45) is 0 Å². The molecule has 1 saturated heterocycles. The van der Waals surface area contributed by atoms with E-state index in [0.717, 1.165) is 35.3 Å². The molecule has 8 heteroatoms. The molecular weight excluding hydrogens is 501 g/mol. The van der Waals surface area contributed by atoms with Crippen LogP contribution in [0, 0.1) is 0 Å². The van der Waals surface area contributed by atoms with E-state index in [9.17, 15) is 18.0 Å². The van der Waals surface area contributed by atoms with Gasteiger partial charge in [-0.05, 0) is 67.6 Å². The summed E-state index contributed by atoms with van der Waals surface area (Å²) in [6, 6.07) is 18.5. The Bertz CT molecular complexity index is 1230. The third kappa shape index (κ3) is 7.05. The van der Waals surface area contributed by atoms with Crippen LogP contribution in [0.1, 0.15) is 44.4 Å². The van der Waals surface area contributed by atoms with Gasteiger partial charge in [-0.15, -0.1) is 0 Å². The fraction of sp³-hybridized carbons (Fsp3) is 0.419. The lowest BCUT2D eigenvalue weighted by molar-refractivity contribution is -0.180. The molecule has 39 heavy (non-hydrogen) atoms. The third-order valence-electron chi connectivity index (χ3n) is 7.45. The van der Waals surface area contributed by atoms with Crippen molar-refractivity contribution in [3.8, 4) is 11.1 Å². The zero-order valence-electron chi connectivity index (χ0n) is 23.0. The number of nitrogens with one attached hydrogen (secondary N) is 1. The van der Waals surface area contributed by atoms with Crippen molar-refractivity contribution >= 4 is 5.91 Å². The largest absolute Gasteiger partial charge is 0.397 e. The first kappa shape index (κ1) is 28.8. The number of hydrogen-bond acceptors (Lipinski definition) is 4. The second kappa shape index (κ2) is 11.9. The minimum atomic E-state index is -4.31.